The van der Waals surface area contributed by atoms with Gasteiger partial charge in [-0.15, -0.1) is 0 Å². The number of carbonyl (C=O) groups is 2. The van der Waals surface area contributed by atoms with Crippen LogP contribution >= 0.6 is 0 Å². The summed E-state index contributed by atoms with van der Waals surface area (Å²) >= 11 is 0. The first-order valence-corrected chi connectivity index (χ1v) is 7.71. The molecule has 0 saturated heterocycles. The molecule has 0 saturated carbocycles. The van der Waals surface area contributed by atoms with Crippen molar-refractivity contribution in [2.45, 2.75) is 19.4 Å². The zero-order chi connectivity index (χ0) is 18.2. The summed E-state index contributed by atoms with van der Waals surface area (Å²) in [6, 6.07) is 3.47. The highest BCUT2D eigenvalue weighted by Crippen LogP contribution is 2.33. The quantitative estimate of drug-likeness (QED) is 0.825. The van der Waals surface area contributed by atoms with Gasteiger partial charge < -0.3 is 25.1 Å². The summed E-state index contributed by atoms with van der Waals surface area (Å²) in [5.41, 5.74) is 4.84. The molecule has 3 N–H and O–H groups in total. The minimum absolute atomic E-state index is 0.0686. The van der Waals surface area contributed by atoms with Crippen LogP contribution < -0.4 is 20.5 Å². The predicted octanol–water partition coefficient (Wildman–Crippen LogP) is 0.350. The predicted molar refractivity (Wildman–Crippen MR) is 87.4 cm³/mol. The molecule has 3 heterocycles. The fourth-order valence-corrected chi connectivity index (χ4v) is 2.49. The van der Waals surface area contributed by atoms with E-state index in [1.165, 1.54) is 0 Å². The number of ether oxygens (including phenoxy) is 2. The number of aromatic nitrogens is 3. The molecule has 1 aliphatic rings. The highest BCUT2D eigenvalue weighted by atomic mass is 16.6. The van der Waals surface area contributed by atoms with Gasteiger partial charge in [0, 0.05) is 13.2 Å². The third-order valence-corrected chi connectivity index (χ3v) is 3.80. The Bertz CT molecular complexity index is 843. The van der Waals surface area contributed by atoms with Crippen LogP contribution in [0.1, 0.15) is 40.6 Å². The van der Waals surface area contributed by atoms with Crippen LogP contribution in [0.15, 0.2) is 18.3 Å². The molecule has 0 spiro atoms. The Morgan fingerprint density at radius 1 is 1.28 bits per heavy atom. The molecule has 0 bridgehead atoms. The molecule has 0 fully saturated rings. The molecule has 9 nitrogen and oxygen atoms in total. The van der Waals surface area contributed by atoms with Crippen molar-refractivity contribution in [1.82, 2.24) is 19.9 Å². The summed E-state index contributed by atoms with van der Waals surface area (Å²) in [5, 5.41) is 2.86. The standard InChI is InChI=1S/C16H19N5O4/c1-16(2,20-13(23)9-5-4-6-21(9)3)15-18-10(12(17)22)11-14(19-15)25-8-7-24-11/h4-6H,7-8H2,1-3H3,(H2,17,22)(H,20,23). The fraction of sp³-hybridized carbons (Fsp3) is 0.375. The molecular weight excluding hydrogens is 326 g/mol. The van der Waals surface area contributed by atoms with Crippen molar-refractivity contribution in [2.24, 2.45) is 12.8 Å². The summed E-state index contributed by atoms with van der Waals surface area (Å²) in [5.74, 6) is -0.571. The Labute approximate surface area is 144 Å². The van der Waals surface area contributed by atoms with E-state index in [1.807, 2.05) is 0 Å². The van der Waals surface area contributed by atoms with Gasteiger partial charge in [-0.2, -0.15) is 4.98 Å². The molecule has 2 aromatic heterocycles. The molecule has 1 aliphatic heterocycles. The molecule has 132 valence electrons. The second-order valence-electron chi connectivity index (χ2n) is 6.17. The number of fused-ring (bicyclic) bond motifs is 1. The van der Waals surface area contributed by atoms with Crippen molar-refractivity contribution >= 4 is 11.8 Å². The van der Waals surface area contributed by atoms with Crippen LogP contribution in [0.2, 0.25) is 0 Å². The molecule has 2 aromatic rings. The maximum Gasteiger partial charge on any atom is 0.271 e. The van der Waals surface area contributed by atoms with Gasteiger partial charge >= 0.3 is 0 Å². The van der Waals surface area contributed by atoms with Gasteiger partial charge in [-0.3, -0.25) is 9.59 Å². The first-order valence-electron chi connectivity index (χ1n) is 7.71. The van der Waals surface area contributed by atoms with Crippen LogP contribution in [0, 0.1) is 0 Å². The zero-order valence-corrected chi connectivity index (χ0v) is 14.2. The van der Waals surface area contributed by atoms with Crippen LogP contribution in [0.4, 0.5) is 0 Å². The van der Waals surface area contributed by atoms with Crippen molar-refractivity contribution in [3.8, 4) is 11.6 Å². The van der Waals surface area contributed by atoms with Crippen LogP contribution in [-0.2, 0) is 12.6 Å². The summed E-state index contributed by atoms with van der Waals surface area (Å²) < 4.78 is 12.5. The molecule has 0 aromatic carbocycles. The van der Waals surface area contributed by atoms with Gasteiger partial charge in [0.05, 0.1) is 5.54 Å². The molecule has 0 atom stereocenters. The van der Waals surface area contributed by atoms with Crippen molar-refractivity contribution in [3.63, 3.8) is 0 Å². The monoisotopic (exact) mass is 345 g/mol. The van der Waals surface area contributed by atoms with Crippen molar-refractivity contribution < 1.29 is 19.1 Å². The van der Waals surface area contributed by atoms with Gasteiger partial charge in [-0.05, 0) is 26.0 Å². The Morgan fingerprint density at radius 2 is 2.00 bits per heavy atom. The average molecular weight is 345 g/mol. The summed E-state index contributed by atoms with van der Waals surface area (Å²) in [6.07, 6.45) is 1.77. The molecule has 9 heteroatoms. The largest absolute Gasteiger partial charge is 0.483 e. The van der Waals surface area contributed by atoms with E-state index in [-0.39, 0.29) is 35.7 Å². The summed E-state index contributed by atoms with van der Waals surface area (Å²) in [6.45, 7) is 4.04. The SMILES string of the molecule is Cn1cccc1C(=O)NC(C)(C)c1nc2c(c(C(N)=O)n1)OCCO2. The van der Waals surface area contributed by atoms with E-state index in [9.17, 15) is 9.59 Å². The Morgan fingerprint density at radius 3 is 2.64 bits per heavy atom. The van der Waals surface area contributed by atoms with E-state index in [2.05, 4.69) is 15.3 Å². The number of nitrogens with one attached hydrogen (secondary N) is 1. The van der Waals surface area contributed by atoms with E-state index >= 15 is 0 Å². The van der Waals surface area contributed by atoms with Crippen LogP contribution in [0.25, 0.3) is 0 Å². The highest BCUT2D eigenvalue weighted by Gasteiger charge is 2.32. The maximum absolute atomic E-state index is 12.5. The van der Waals surface area contributed by atoms with Crippen LogP contribution in [0.5, 0.6) is 11.6 Å². The van der Waals surface area contributed by atoms with Gasteiger partial charge in [0.1, 0.15) is 18.9 Å². The third-order valence-electron chi connectivity index (χ3n) is 3.80. The lowest BCUT2D eigenvalue weighted by atomic mass is 10.0. The molecule has 0 unspecified atom stereocenters. The minimum Gasteiger partial charge on any atom is -0.483 e. The third kappa shape index (κ3) is 3.12. The number of carbonyl (C=O) groups excluding carboxylic acids is 2. The number of primary amides is 1. The smallest absolute Gasteiger partial charge is 0.271 e. The molecule has 3 rings (SSSR count). The Balaban J connectivity index is 1.96. The number of hydrogen-bond acceptors (Lipinski definition) is 6. The number of nitrogens with zero attached hydrogens (tertiary/aromatic N) is 3. The molecule has 0 radical (unpaired) electrons. The fourth-order valence-electron chi connectivity index (χ4n) is 2.49. The molecular formula is C16H19N5O4. The first kappa shape index (κ1) is 16.7. The lowest BCUT2D eigenvalue weighted by Crippen LogP contribution is -2.43. The second-order valence-corrected chi connectivity index (χ2v) is 6.17. The van der Waals surface area contributed by atoms with Crippen molar-refractivity contribution in [1.29, 1.82) is 0 Å². The number of rotatable bonds is 4. The minimum atomic E-state index is -0.971. The zero-order valence-electron chi connectivity index (χ0n) is 14.2. The molecule has 25 heavy (non-hydrogen) atoms. The second kappa shape index (κ2) is 6.08. The van der Waals surface area contributed by atoms with Crippen LogP contribution in [0.3, 0.4) is 0 Å². The number of amides is 2. The van der Waals surface area contributed by atoms with Gasteiger partial charge in [0.15, 0.2) is 11.5 Å². The van der Waals surface area contributed by atoms with Crippen molar-refractivity contribution in [3.05, 3.63) is 35.5 Å². The van der Waals surface area contributed by atoms with Crippen molar-refractivity contribution in [2.75, 3.05) is 13.2 Å². The topological polar surface area (TPSA) is 121 Å². The van der Waals surface area contributed by atoms with Gasteiger partial charge in [0.25, 0.3) is 17.7 Å². The summed E-state index contributed by atoms with van der Waals surface area (Å²) in [7, 11) is 1.77. The van der Waals surface area contributed by atoms with Crippen LogP contribution in [-0.4, -0.2) is 39.6 Å². The lowest BCUT2D eigenvalue weighted by molar-refractivity contribution is 0.0898. The van der Waals surface area contributed by atoms with Gasteiger partial charge in [-0.25, -0.2) is 4.98 Å². The number of nitrogens with two attached hydrogens (primary N) is 1. The maximum atomic E-state index is 12.5. The summed E-state index contributed by atoms with van der Waals surface area (Å²) in [4.78, 5) is 32.7. The Kier molecular flexibility index (Phi) is 4.07. The normalized spacial score (nSPS) is 13.4. The highest BCUT2D eigenvalue weighted by molar-refractivity contribution is 5.94. The molecule has 2 amide bonds. The first-order chi connectivity index (χ1) is 11.8. The average Bonchev–Trinajstić information content (AvgIpc) is 2.99. The van der Waals surface area contributed by atoms with E-state index in [0.29, 0.717) is 12.3 Å². The number of hydrogen-bond donors (Lipinski definition) is 2. The van der Waals surface area contributed by atoms with Gasteiger partial charge in [0.2, 0.25) is 5.75 Å². The van der Waals surface area contributed by atoms with E-state index in [1.54, 1.807) is 43.8 Å². The van der Waals surface area contributed by atoms with E-state index in [0.717, 1.165) is 0 Å². The number of aryl methyl sites for hydroxylation is 1. The van der Waals surface area contributed by atoms with E-state index < -0.39 is 11.4 Å². The van der Waals surface area contributed by atoms with E-state index in [4.69, 9.17) is 15.2 Å². The van der Waals surface area contributed by atoms with Gasteiger partial charge in [-0.1, -0.05) is 0 Å². The Hall–Kier alpha value is -3.10. The molecule has 0 aliphatic carbocycles. The lowest BCUT2D eigenvalue weighted by Gasteiger charge is -2.27.